The van der Waals surface area contributed by atoms with Gasteiger partial charge in [0, 0.05) is 21.7 Å². The third-order valence-electron chi connectivity index (χ3n) is 5.00. The second-order valence-electron chi connectivity index (χ2n) is 7.27. The van der Waals surface area contributed by atoms with E-state index in [1.807, 2.05) is 18.2 Å². The zero-order chi connectivity index (χ0) is 24.1. The Labute approximate surface area is 200 Å². The van der Waals surface area contributed by atoms with E-state index in [0.717, 1.165) is 5.56 Å². The number of nitrogens with one attached hydrogen (secondary N) is 1. The number of carbonyl (C=O) groups excluding carboxylic acids is 3. The van der Waals surface area contributed by atoms with E-state index in [0.29, 0.717) is 38.4 Å². The summed E-state index contributed by atoms with van der Waals surface area (Å²) in [5.41, 5.74) is 3.10. The van der Waals surface area contributed by atoms with Crippen molar-refractivity contribution < 1.29 is 23.9 Å². The third-order valence-corrected chi connectivity index (χ3v) is 5.25. The zero-order valence-corrected chi connectivity index (χ0v) is 18.8. The molecule has 8 heteroatoms. The van der Waals surface area contributed by atoms with Gasteiger partial charge in [0.15, 0.2) is 6.61 Å². The van der Waals surface area contributed by atoms with Gasteiger partial charge in [0.2, 0.25) is 0 Å². The molecular formula is C26H19ClN2O5. The van der Waals surface area contributed by atoms with Crippen molar-refractivity contribution in [2.75, 3.05) is 19.0 Å². The van der Waals surface area contributed by atoms with Crippen LogP contribution in [0.25, 0.3) is 22.2 Å². The lowest BCUT2D eigenvalue weighted by Gasteiger charge is -2.11. The maximum atomic E-state index is 12.9. The molecular weight excluding hydrogens is 456 g/mol. The average Bonchev–Trinajstić information content (AvgIpc) is 2.87. The van der Waals surface area contributed by atoms with Crippen LogP contribution in [0, 0.1) is 0 Å². The predicted octanol–water partition coefficient (Wildman–Crippen LogP) is 5.14. The number of ether oxygens (including phenoxy) is 2. The number of halogens is 1. The molecule has 0 bridgehead atoms. The van der Waals surface area contributed by atoms with Gasteiger partial charge >= 0.3 is 11.9 Å². The first kappa shape index (κ1) is 22.9. The maximum absolute atomic E-state index is 12.9. The summed E-state index contributed by atoms with van der Waals surface area (Å²) in [7, 11) is 1.29. The summed E-state index contributed by atoms with van der Waals surface area (Å²) in [5, 5.41) is 3.83. The standard InChI is InChI=1S/C26H19ClN2O5/c1-33-25(31)17-8-12-19(13-9-17)28-24(30)15-34-26(32)21-14-23(16-6-10-18(27)11-7-16)29-22-5-3-2-4-20(21)22/h2-14H,15H2,1H3,(H,28,30). The number of nitrogens with zero attached hydrogens (tertiary/aromatic N) is 1. The number of anilines is 1. The molecule has 0 saturated heterocycles. The van der Waals surface area contributed by atoms with Gasteiger partial charge in [0.25, 0.3) is 5.91 Å². The second kappa shape index (κ2) is 10.1. The van der Waals surface area contributed by atoms with E-state index in [-0.39, 0.29) is 0 Å². The summed E-state index contributed by atoms with van der Waals surface area (Å²) >= 11 is 5.98. The van der Waals surface area contributed by atoms with E-state index in [2.05, 4.69) is 15.0 Å². The monoisotopic (exact) mass is 474 g/mol. The highest BCUT2D eigenvalue weighted by Gasteiger charge is 2.17. The summed E-state index contributed by atoms with van der Waals surface area (Å²) in [5.74, 6) is -1.64. The van der Waals surface area contributed by atoms with Crippen molar-refractivity contribution in [3.05, 3.63) is 95.0 Å². The summed E-state index contributed by atoms with van der Waals surface area (Å²) in [6.07, 6.45) is 0. The lowest BCUT2D eigenvalue weighted by atomic mass is 10.0. The van der Waals surface area contributed by atoms with Crippen LogP contribution in [0.5, 0.6) is 0 Å². The highest BCUT2D eigenvalue weighted by Crippen LogP contribution is 2.26. The minimum atomic E-state index is -0.648. The second-order valence-corrected chi connectivity index (χ2v) is 7.71. The van der Waals surface area contributed by atoms with Gasteiger partial charge in [-0.1, -0.05) is 41.9 Å². The predicted molar refractivity (Wildman–Crippen MR) is 129 cm³/mol. The van der Waals surface area contributed by atoms with Crippen molar-refractivity contribution in [3.63, 3.8) is 0 Å². The number of rotatable bonds is 6. The minimum absolute atomic E-state index is 0.297. The number of amides is 1. The molecule has 0 aliphatic carbocycles. The van der Waals surface area contributed by atoms with Gasteiger partial charge in [0.05, 0.1) is 29.4 Å². The molecule has 0 spiro atoms. The Morgan fingerprint density at radius 1 is 0.912 bits per heavy atom. The van der Waals surface area contributed by atoms with Crippen LogP contribution in [0.15, 0.2) is 78.9 Å². The minimum Gasteiger partial charge on any atom is -0.465 e. The molecule has 0 saturated carbocycles. The molecule has 1 amide bonds. The van der Waals surface area contributed by atoms with Crippen LogP contribution >= 0.6 is 11.6 Å². The molecule has 34 heavy (non-hydrogen) atoms. The third kappa shape index (κ3) is 5.22. The van der Waals surface area contributed by atoms with E-state index in [4.69, 9.17) is 16.3 Å². The largest absolute Gasteiger partial charge is 0.465 e. The molecule has 0 fully saturated rings. The van der Waals surface area contributed by atoms with Gasteiger partial charge in [-0.15, -0.1) is 0 Å². The Balaban J connectivity index is 1.49. The van der Waals surface area contributed by atoms with Crippen molar-refractivity contribution in [1.82, 2.24) is 4.98 Å². The quantitative estimate of drug-likeness (QED) is 0.389. The maximum Gasteiger partial charge on any atom is 0.339 e. The molecule has 0 aliphatic heterocycles. The lowest BCUT2D eigenvalue weighted by Crippen LogP contribution is -2.21. The summed E-state index contributed by atoms with van der Waals surface area (Å²) in [6.45, 7) is -0.482. The van der Waals surface area contributed by atoms with Gasteiger partial charge in [0.1, 0.15) is 0 Å². The molecule has 1 aromatic heterocycles. The van der Waals surface area contributed by atoms with Crippen LogP contribution in [0.4, 0.5) is 5.69 Å². The first-order valence-electron chi connectivity index (χ1n) is 10.3. The molecule has 4 aromatic rings. The number of carbonyl (C=O) groups is 3. The van der Waals surface area contributed by atoms with E-state index < -0.39 is 24.5 Å². The zero-order valence-electron chi connectivity index (χ0n) is 18.1. The van der Waals surface area contributed by atoms with Gasteiger partial charge in [-0.25, -0.2) is 14.6 Å². The van der Waals surface area contributed by atoms with E-state index >= 15 is 0 Å². The summed E-state index contributed by atoms with van der Waals surface area (Å²) < 4.78 is 9.93. The Morgan fingerprint density at radius 2 is 1.62 bits per heavy atom. The molecule has 4 rings (SSSR count). The Bertz CT molecular complexity index is 1370. The number of esters is 2. The van der Waals surface area contributed by atoms with Crippen LogP contribution < -0.4 is 5.32 Å². The molecule has 1 heterocycles. The highest BCUT2D eigenvalue weighted by atomic mass is 35.5. The van der Waals surface area contributed by atoms with Crippen molar-refractivity contribution in [2.24, 2.45) is 0 Å². The summed E-state index contributed by atoms with van der Waals surface area (Å²) in [6, 6.07) is 22.1. The van der Waals surface area contributed by atoms with Crippen LogP contribution in [0.2, 0.25) is 5.02 Å². The van der Waals surface area contributed by atoms with Gasteiger partial charge < -0.3 is 14.8 Å². The number of aromatic nitrogens is 1. The summed E-state index contributed by atoms with van der Waals surface area (Å²) in [4.78, 5) is 41.3. The van der Waals surface area contributed by atoms with Crippen LogP contribution in [0.1, 0.15) is 20.7 Å². The number of hydrogen-bond acceptors (Lipinski definition) is 6. The molecule has 0 unspecified atom stereocenters. The SMILES string of the molecule is COC(=O)c1ccc(NC(=O)COC(=O)c2cc(-c3ccc(Cl)cc3)nc3ccccc23)cc1. The van der Waals surface area contributed by atoms with Gasteiger partial charge in [-0.3, -0.25) is 4.79 Å². The fourth-order valence-electron chi connectivity index (χ4n) is 3.33. The fourth-order valence-corrected chi connectivity index (χ4v) is 3.45. The number of benzene rings is 3. The lowest BCUT2D eigenvalue weighted by molar-refractivity contribution is -0.119. The molecule has 3 aromatic carbocycles. The number of methoxy groups -OCH3 is 1. The average molecular weight is 475 g/mol. The topological polar surface area (TPSA) is 94.6 Å². The molecule has 0 aliphatic rings. The molecule has 7 nitrogen and oxygen atoms in total. The van der Waals surface area contributed by atoms with E-state index in [1.165, 1.54) is 19.2 Å². The number of pyridine rings is 1. The Kier molecular flexibility index (Phi) is 6.85. The van der Waals surface area contributed by atoms with Crippen LogP contribution in [-0.2, 0) is 14.3 Å². The van der Waals surface area contributed by atoms with E-state index in [1.54, 1.807) is 48.5 Å². The van der Waals surface area contributed by atoms with Gasteiger partial charge in [-0.2, -0.15) is 0 Å². The fraction of sp³-hybridized carbons (Fsp3) is 0.0769. The van der Waals surface area contributed by atoms with Crippen LogP contribution in [-0.4, -0.2) is 36.5 Å². The van der Waals surface area contributed by atoms with Crippen molar-refractivity contribution in [1.29, 1.82) is 0 Å². The molecule has 170 valence electrons. The normalized spacial score (nSPS) is 10.5. The smallest absolute Gasteiger partial charge is 0.339 e. The van der Waals surface area contributed by atoms with Crippen molar-refractivity contribution in [3.8, 4) is 11.3 Å². The molecule has 0 atom stereocenters. The Morgan fingerprint density at radius 3 is 2.32 bits per heavy atom. The van der Waals surface area contributed by atoms with Crippen molar-refractivity contribution in [2.45, 2.75) is 0 Å². The Hall–Kier alpha value is -4.23. The van der Waals surface area contributed by atoms with E-state index in [9.17, 15) is 14.4 Å². The van der Waals surface area contributed by atoms with Crippen LogP contribution in [0.3, 0.4) is 0 Å². The molecule has 1 N–H and O–H groups in total. The first-order chi connectivity index (χ1) is 16.4. The number of fused-ring (bicyclic) bond motifs is 1. The van der Waals surface area contributed by atoms with Crippen molar-refractivity contribution >= 4 is 46.0 Å². The highest BCUT2D eigenvalue weighted by molar-refractivity contribution is 6.30. The number of hydrogen-bond donors (Lipinski definition) is 1. The molecule has 0 radical (unpaired) electrons. The first-order valence-corrected chi connectivity index (χ1v) is 10.6. The van der Waals surface area contributed by atoms with Gasteiger partial charge in [-0.05, 0) is 48.5 Å². The number of para-hydroxylation sites is 1.